The lowest BCUT2D eigenvalue weighted by Gasteiger charge is -2.46. The van der Waals surface area contributed by atoms with E-state index in [0.29, 0.717) is 11.3 Å². The van der Waals surface area contributed by atoms with Gasteiger partial charge in [-0.2, -0.15) is 0 Å². The van der Waals surface area contributed by atoms with Crippen molar-refractivity contribution < 1.29 is 0 Å². The molecule has 0 saturated heterocycles. The summed E-state index contributed by atoms with van der Waals surface area (Å²) in [7, 11) is -2.13. The summed E-state index contributed by atoms with van der Waals surface area (Å²) >= 11 is 0. The van der Waals surface area contributed by atoms with Crippen molar-refractivity contribution >= 4 is 7.05 Å². The van der Waals surface area contributed by atoms with Crippen LogP contribution in [0.1, 0.15) is 98.4 Å². The minimum Gasteiger partial charge on any atom is -0.317 e. The first-order valence-electron chi connectivity index (χ1n) is 11.5. The van der Waals surface area contributed by atoms with Crippen LogP contribution in [0.25, 0.3) is 11.1 Å². The number of fused-ring (bicyclic) bond motifs is 3. The van der Waals surface area contributed by atoms with Gasteiger partial charge in [-0.25, -0.2) is 0 Å². The molecule has 0 heterocycles. The van der Waals surface area contributed by atoms with Crippen molar-refractivity contribution in [2.24, 2.45) is 0 Å². The molecule has 0 radical (unpaired) electrons. The fourth-order valence-corrected chi connectivity index (χ4v) is 9.89. The van der Waals surface area contributed by atoms with Crippen LogP contribution in [0.2, 0.25) is 0 Å². The maximum atomic E-state index is 10.0. The average molecular weight is 424 g/mol. The molecule has 0 amide bonds. The van der Waals surface area contributed by atoms with Crippen LogP contribution in [0.4, 0.5) is 0 Å². The summed E-state index contributed by atoms with van der Waals surface area (Å²) in [5.41, 5.74) is 9.10. The molecular weight excluding hydrogens is 381 g/mol. The largest absolute Gasteiger partial charge is 0.317 e. The molecule has 2 aromatic rings. The van der Waals surface area contributed by atoms with Gasteiger partial charge < -0.3 is 5.16 Å². The van der Waals surface area contributed by atoms with Crippen molar-refractivity contribution in [2.75, 3.05) is 0 Å². The number of hydrogen-bond donors (Lipinski definition) is 1. The molecular formula is C28H42NP. The van der Waals surface area contributed by atoms with E-state index in [0.717, 1.165) is 0 Å². The number of benzene rings is 2. The fraction of sp³-hybridized carbons (Fsp3) is 0.571. The van der Waals surface area contributed by atoms with Gasteiger partial charge in [0.05, 0.1) is 5.16 Å². The minimum atomic E-state index is -2.13. The normalized spacial score (nSPS) is 16.2. The van der Waals surface area contributed by atoms with Gasteiger partial charge in [-0.05, 0) is 69.5 Å². The second-order valence-electron chi connectivity index (χ2n) is 12.1. The molecule has 30 heavy (non-hydrogen) atoms. The van der Waals surface area contributed by atoms with E-state index in [4.69, 9.17) is 0 Å². The molecule has 0 bridgehead atoms. The Hall–Kier alpha value is -1.33. The number of hydrogen-bond acceptors (Lipinski definition) is 1. The van der Waals surface area contributed by atoms with E-state index < -0.39 is 7.05 Å². The van der Waals surface area contributed by atoms with E-state index in [-0.39, 0.29) is 16.0 Å². The molecule has 0 spiro atoms. The highest BCUT2D eigenvalue weighted by Crippen LogP contribution is 2.75. The zero-order chi connectivity index (χ0) is 22.9. The maximum absolute atomic E-state index is 10.0. The van der Waals surface area contributed by atoms with Gasteiger partial charge >= 0.3 is 0 Å². The van der Waals surface area contributed by atoms with E-state index in [1.54, 1.807) is 0 Å². The van der Waals surface area contributed by atoms with Gasteiger partial charge in [-0.1, -0.05) is 106 Å². The first kappa shape index (κ1) is 23.3. The summed E-state index contributed by atoms with van der Waals surface area (Å²) in [4.78, 5) is 0. The zero-order valence-electron chi connectivity index (χ0n) is 21.1. The molecule has 0 atom stereocenters. The summed E-state index contributed by atoms with van der Waals surface area (Å²) < 4.78 is 0. The molecule has 164 valence electrons. The molecule has 2 heteroatoms. The Bertz CT molecular complexity index is 936. The molecule has 0 aromatic heterocycles. The molecule has 2 aromatic carbocycles. The summed E-state index contributed by atoms with van der Waals surface area (Å²) in [6.07, 6.45) is 0. The van der Waals surface area contributed by atoms with Gasteiger partial charge in [0, 0.05) is 0 Å². The van der Waals surface area contributed by atoms with E-state index >= 15 is 0 Å². The smallest absolute Gasteiger partial charge is 0.0537 e. The lowest BCUT2D eigenvalue weighted by Crippen LogP contribution is -2.30. The fourth-order valence-electron chi connectivity index (χ4n) is 5.47. The van der Waals surface area contributed by atoms with Crippen LogP contribution in [-0.2, 0) is 16.0 Å². The zero-order valence-corrected chi connectivity index (χ0v) is 22.0. The molecule has 0 fully saturated rings. The molecule has 1 aliphatic rings. The topological polar surface area (TPSA) is 23.9 Å². The quantitative estimate of drug-likeness (QED) is 0.476. The molecule has 0 aliphatic heterocycles. The monoisotopic (exact) mass is 423 g/mol. The first-order chi connectivity index (χ1) is 13.6. The lowest BCUT2D eigenvalue weighted by atomic mass is 9.83. The molecule has 0 unspecified atom stereocenters. The van der Waals surface area contributed by atoms with Crippen molar-refractivity contribution in [1.29, 1.82) is 5.16 Å². The molecule has 1 nitrogen and oxygen atoms in total. The van der Waals surface area contributed by atoms with Crippen molar-refractivity contribution in [2.45, 2.75) is 103 Å². The van der Waals surface area contributed by atoms with E-state index in [1.807, 2.05) is 0 Å². The Morgan fingerprint density at radius 1 is 0.700 bits per heavy atom. The standard InChI is InChI=1S/C28H42NP/c1-18(2)30(29,19(3)4)28(11)24-16-20(26(5,6)7)12-14-22(24)23-15-13-21(17-25(23)28)27(8,9)10/h12-19,29H,1-11H3. The maximum Gasteiger partial charge on any atom is 0.0537 e. The molecule has 0 saturated carbocycles. The predicted molar refractivity (Wildman–Crippen MR) is 136 cm³/mol. The van der Waals surface area contributed by atoms with Gasteiger partial charge in [0.1, 0.15) is 0 Å². The third-order valence-corrected chi connectivity index (χ3v) is 12.7. The highest BCUT2D eigenvalue weighted by molar-refractivity contribution is 7.67. The molecule has 3 rings (SSSR count). The Balaban J connectivity index is 2.46. The SMILES string of the molecule is CC(C)P(=N)(C(C)C)C1(C)c2cc(C(C)(C)C)ccc2-c2ccc(C(C)(C)C)cc21. The highest BCUT2D eigenvalue weighted by atomic mass is 31.2. The van der Waals surface area contributed by atoms with Crippen LogP contribution in [0, 0.1) is 5.16 Å². The average Bonchev–Trinajstić information content (AvgIpc) is 2.88. The van der Waals surface area contributed by atoms with Crippen LogP contribution >= 0.6 is 7.05 Å². The van der Waals surface area contributed by atoms with Gasteiger partial charge in [0.2, 0.25) is 0 Å². The van der Waals surface area contributed by atoms with Crippen LogP contribution < -0.4 is 0 Å². The Labute approximate surface area is 185 Å². The van der Waals surface area contributed by atoms with Crippen LogP contribution in [0.5, 0.6) is 0 Å². The van der Waals surface area contributed by atoms with E-state index in [9.17, 15) is 5.16 Å². The molecule has 1 N–H and O–H groups in total. The van der Waals surface area contributed by atoms with Crippen molar-refractivity contribution in [1.82, 2.24) is 0 Å². The van der Waals surface area contributed by atoms with Crippen molar-refractivity contribution in [3.8, 4) is 11.1 Å². The van der Waals surface area contributed by atoms with Crippen LogP contribution in [0.15, 0.2) is 36.4 Å². The lowest BCUT2D eigenvalue weighted by molar-refractivity contribution is 0.587. The summed E-state index contributed by atoms with van der Waals surface area (Å²) in [6, 6.07) is 14.2. The summed E-state index contributed by atoms with van der Waals surface area (Å²) in [6.45, 7) is 25.3. The predicted octanol–water partition coefficient (Wildman–Crippen LogP) is 9.12. The second-order valence-corrected chi connectivity index (χ2v) is 16.6. The minimum absolute atomic E-state index is 0.0973. The van der Waals surface area contributed by atoms with Crippen LogP contribution in [-0.4, -0.2) is 11.3 Å². The third-order valence-electron chi connectivity index (χ3n) is 7.48. The van der Waals surface area contributed by atoms with Crippen molar-refractivity contribution in [3.63, 3.8) is 0 Å². The van der Waals surface area contributed by atoms with E-state index in [1.165, 1.54) is 33.4 Å². The Morgan fingerprint density at radius 2 is 1.03 bits per heavy atom. The van der Waals surface area contributed by atoms with Crippen molar-refractivity contribution in [3.05, 3.63) is 58.7 Å². The summed E-state index contributed by atoms with van der Waals surface area (Å²) in [5, 5.41) is 9.80. The van der Waals surface area contributed by atoms with Crippen LogP contribution in [0.3, 0.4) is 0 Å². The first-order valence-corrected chi connectivity index (χ1v) is 13.4. The van der Waals surface area contributed by atoms with Gasteiger partial charge in [-0.15, -0.1) is 0 Å². The second kappa shape index (κ2) is 7.09. The van der Waals surface area contributed by atoms with Gasteiger partial charge in [0.15, 0.2) is 0 Å². The summed E-state index contributed by atoms with van der Waals surface area (Å²) in [5.74, 6) is 0. The Kier molecular flexibility index (Phi) is 5.52. The molecule has 1 aliphatic carbocycles. The van der Waals surface area contributed by atoms with E-state index in [2.05, 4.69) is 113 Å². The third kappa shape index (κ3) is 3.24. The number of rotatable bonds is 3. The van der Waals surface area contributed by atoms with Gasteiger partial charge in [0.25, 0.3) is 0 Å². The highest BCUT2D eigenvalue weighted by Gasteiger charge is 2.52. The Morgan fingerprint density at radius 3 is 1.30 bits per heavy atom. The van der Waals surface area contributed by atoms with Gasteiger partial charge in [-0.3, -0.25) is 0 Å². The number of nitrogens with one attached hydrogen (secondary N) is 1.